The summed E-state index contributed by atoms with van der Waals surface area (Å²) in [4.78, 5) is 33.9. The van der Waals surface area contributed by atoms with Crippen molar-refractivity contribution in [3.8, 4) is 0 Å². The van der Waals surface area contributed by atoms with Gasteiger partial charge in [-0.05, 0) is 79.3 Å². The molecule has 0 bridgehead atoms. The quantitative estimate of drug-likeness (QED) is 0.277. The molecule has 1 aliphatic heterocycles. The molecule has 5 rings (SSSR count). The van der Waals surface area contributed by atoms with Crippen molar-refractivity contribution in [2.45, 2.75) is 90.6 Å². The average Bonchev–Trinajstić information content (AvgIpc) is 3.60. The second kappa shape index (κ2) is 12.5. The molecule has 3 aromatic rings. The summed E-state index contributed by atoms with van der Waals surface area (Å²) < 4.78 is 41.2. The van der Waals surface area contributed by atoms with Crippen molar-refractivity contribution in [1.82, 2.24) is 30.8 Å². The second-order valence-electron chi connectivity index (χ2n) is 12.9. The van der Waals surface area contributed by atoms with Gasteiger partial charge >= 0.3 is 6.18 Å². The van der Waals surface area contributed by atoms with Crippen LogP contribution in [0.25, 0.3) is 0 Å². The van der Waals surface area contributed by atoms with E-state index >= 15 is 0 Å². The highest BCUT2D eigenvalue weighted by Gasteiger charge is 2.52. The van der Waals surface area contributed by atoms with Crippen LogP contribution in [0, 0.1) is 11.3 Å². The molecule has 45 heavy (non-hydrogen) atoms. The Kier molecular flexibility index (Phi) is 9.08. The summed E-state index contributed by atoms with van der Waals surface area (Å²) in [7, 11) is 0. The molecule has 2 aliphatic rings. The molecule has 1 spiro atoms. The maximum Gasteiger partial charge on any atom is 0.416 e. The van der Waals surface area contributed by atoms with Crippen LogP contribution >= 0.6 is 11.6 Å². The normalized spacial score (nSPS) is 21.2. The van der Waals surface area contributed by atoms with Gasteiger partial charge in [-0.1, -0.05) is 63.1 Å². The molecule has 2 amide bonds. The van der Waals surface area contributed by atoms with Gasteiger partial charge in [0.2, 0.25) is 0 Å². The van der Waals surface area contributed by atoms with Crippen LogP contribution in [0.15, 0.2) is 47.5 Å². The van der Waals surface area contributed by atoms with Gasteiger partial charge in [0.15, 0.2) is 5.82 Å². The molecular formula is C32H37ClF3N7O2. The molecule has 0 radical (unpaired) electrons. The fourth-order valence-electron chi connectivity index (χ4n) is 6.52. The van der Waals surface area contributed by atoms with E-state index < -0.39 is 29.4 Å². The van der Waals surface area contributed by atoms with Crippen LogP contribution in [-0.4, -0.2) is 48.7 Å². The number of aliphatic imine (C=N–C) groups is 1. The SMILES string of the molecule is CCC[C@H](c1ccc(C(=O)NCc2nn[nH]n2)cc1)N1C(=O)C(c2cc(Cl)cc(C(F)(F)F)c2)=NC12CCC(C(C)(C)C)CC2. The lowest BCUT2D eigenvalue weighted by molar-refractivity contribution is -0.137. The van der Waals surface area contributed by atoms with E-state index in [-0.39, 0.29) is 34.2 Å². The third kappa shape index (κ3) is 6.90. The Morgan fingerprint density at radius 2 is 1.82 bits per heavy atom. The monoisotopic (exact) mass is 643 g/mol. The van der Waals surface area contributed by atoms with Crippen molar-refractivity contribution in [3.63, 3.8) is 0 Å². The van der Waals surface area contributed by atoms with Gasteiger partial charge in [-0.15, -0.1) is 10.2 Å². The second-order valence-corrected chi connectivity index (χ2v) is 13.4. The Bertz CT molecular complexity index is 1560. The van der Waals surface area contributed by atoms with Crippen LogP contribution in [-0.2, 0) is 17.5 Å². The first kappa shape index (κ1) is 32.6. The van der Waals surface area contributed by atoms with Crippen LogP contribution in [0.4, 0.5) is 13.2 Å². The molecule has 1 atom stereocenters. The Labute approximate surface area is 265 Å². The highest BCUT2D eigenvalue weighted by Crippen LogP contribution is 2.50. The van der Waals surface area contributed by atoms with Gasteiger partial charge in [0, 0.05) is 16.1 Å². The Morgan fingerprint density at radius 1 is 1.13 bits per heavy atom. The van der Waals surface area contributed by atoms with Gasteiger partial charge in [-0.3, -0.25) is 14.6 Å². The van der Waals surface area contributed by atoms with Crippen LogP contribution in [0.1, 0.15) is 105 Å². The number of alkyl halides is 3. The van der Waals surface area contributed by atoms with Gasteiger partial charge in [-0.25, -0.2) is 0 Å². The largest absolute Gasteiger partial charge is 0.416 e. The molecule has 2 N–H and O–H groups in total. The molecule has 13 heteroatoms. The molecular weight excluding hydrogens is 607 g/mol. The summed E-state index contributed by atoms with van der Waals surface area (Å²) >= 11 is 6.14. The van der Waals surface area contributed by atoms with Crippen molar-refractivity contribution in [2.24, 2.45) is 16.3 Å². The predicted molar refractivity (Wildman–Crippen MR) is 163 cm³/mol. The molecule has 240 valence electrons. The number of rotatable bonds is 8. The number of hydrogen-bond donors (Lipinski definition) is 2. The lowest BCUT2D eigenvalue weighted by Gasteiger charge is -2.47. The van der Waals surface area contributed by atoms with E-state index in [1.807, 2.05) is 19.1 Å². The highest BCUT2D eigenvalue weighted by molar-refractivity contribution is 6.47. The summed E-state index contributed by atoms with van der Waals surface area (Å²) in [5.74, 6) is 0.0247. The van der Waals surface area contributed by atoms with Crippen molar-refractivity contribution >= 4 is 29.1 Å². The molecule has 1 fully saturated rings. The Balaban J connectivity index is 1.50. The third-order valence-electron chi connectivity index (χ3n) is 8.93. The summed E-state index contributed by atoms with van der Waals surface area (Å²) in [6.07, 6.45) is -0.453. The molecule has 1 aliphatic carbocycles. The van der Waals surface area contributed by atoms with E-state index in [1.165, 1.54) is 6.07 Å². The number of nitrogens with zero attached hydrogens (tertiary/aromatic N) is 5. The summed E-state index contributed by atoms with van der Waals surface area (Å²) in [5.41, 5.74) is -0.479. The van der Waals surface area contributed by atoms with Crippen LogP contribution in [0.5, 0.6) is 0 Å². The first-order chi connectivity index (χ1) is 21.2. The maximum atomic E-state index is 14.4. The number of aromatic amines is 1. The minimum Gasteiger partial charge on any atom is -0.345 e. The summed E-state index contributed by atoms with van der Waals surface area (Å²) in [6, 6.07) is 9.82. The number of carbonyl (C=O) groups excluding carboxylic acids is 2. The van der Waals surface area contributed by atoms with Crippen LogP contribution in [0.2, 0.25) is 5.02 Å². The molecule has 2 aromatic carbocycles. The van der Waals surface area contributed by atoms with Gasteiger partial charge < -0.3 is 10.2 Å². The zero-order valence-corrected chi connectivity index (χ0v) is 26.5. The number of benzene rings is 2. The number of nitrogens with one attached hydrogen (secondary N) is 2. The van der Waals surface area contributed by atoms with E-state index in [0.717, 1.165) is 37.0 Å². The van der Waals surface area contributed by atoms with Gasteiger partial charge in [-0.2, -0.15) is 18.4 Å². The molecule has 2 heterocycles. The molecule has 1 aromatic heterocycles. The zero-order chi connectivity index (χ0) is 32.6. The van der Waals surface area contributed by atoms with E-state index in [9.17, 15) is 22.8 Å². The smallest absolute Gasteiger partial charge is 0.345 e. The van der Waals surface area contributed by atoms with Gasteiger partial charge in [0.05, 0.1) is 18.2 Å². The summed E-state index contributed by atoms with van der Waals surface area (Å²) in [5, 5.41) is 16.1. The van der Waals surface area contributed by atoms with E-state index in [4.69, 9.17) is 16.6 Å². The first-order valence-corrected chi connectivity index (χ1v) is 15.5. The maximum absolute atomic E-state index is 14.4. The third-order valence-corrected chi connectivity index (χ3v) is 9.15. The van der Waals surface area contributed by atoms with Crippen molar-refractivity contribution in [2.75, 3.05) is 0 Å². The first-order valence-electron chi connectivity index (χ1n) is 15.1. The highest BCUT2D eigenvalue weighted by atomic mass is 35.5. The van der Waals surface area contributed by atoms with E-state index in [1.54, 1.807) is 17.0 Å². The van der Waals surface area contributed by atoms with Crippen molar-refractivity contribution < 1.29 is 22.8 Å². The van der Waals surface area contributed by atoms with Crippen LogP contribution in [0.3, 0.4) is 0 Å². The number of amides is 2. The van der Waals surface area contributed by atoms with Crippen molar-refractivity contribution in [1.29, 1.82) is 0 Å². The van der Waals surface area contributed by atoms with E-state index in [2.05, 4.69) is 46.7 Å². The van der Waals surface area contributed by atoms with Crippen LogP contribution < -0.4 is 5.32 Å². The number of hydrogen-bond acceptors (Lipinski definition) is 6. The fourth-order valence-corrected chi connectivity index (χ4v) is 6.75. The standard InChI is InChI=1S/C32H37ClF3N7O2/c1-5-6-25(19-7-9-20(10-8-19)28(44)37-18-26-39-41-42-40-26)43-29(45)27(21-15-23(32(34,35)36)17-24(33)16-21)38-31(43)13-11-22(12-14-31)30(2,3)4/h7-10,15-17,22,25H,5-6,11-14,18H2,1-4H3,(H,37,44)(H,39,40,41,42)/t22?,25-,31?/m1/s1. The minimum atomic E-state index is -4.63. The number of carbonyl (C=O) groups is 2. The average molecular weight is 644 g/mol. The number of H-pyrrole nitrogens is 1. The minimum absolute atomic E-state index is 0.00391. The zero-order valence-electron chi connectivity index (χ0n) is 25.7. The Hall–Kier alpha value is -3.80. The fraction of sp³-hybridized carbons (Fsp3) is 0.500. The lowest BCUT2D eigenvalue weighted by Crippen LogP contribution is -2.51. The molecule has 1 saturated carbocycles. The number of aromatic nitrogens is 4. The van der Waals surface area contributed by atoms with E-state index in [0.29, 0.717) is 36.6 Å². The molecule has 9 nitrogen and oxygen atoms in total. The lowest BCUT2D eigenvalue weighted by atomic mass is 9.69. The number of tetrazole rings is 1. The predicted octanol–water partition coefficient (Wildman–Crippen LogP) is 6.91. The van der Waals surface area contributed by atoms with Gasteiger partial charge in [0.25, 0.3) is 11.8 Å². The topological polar surface area (TPSA) is 116 Å². The summed E-state index contributed by atoms with van der Waals surface area (Å²) in [6.45, 7) is 8.73. The van der Waals surface area contributed by atoms with Crippen molar-refractivity contribution in [3.05, 3.63) is 75.6 Å². The molecule has 0 saturated heterocycles. The Morgan fingerprint density at radius 3 is 2.40 bits per heavy atom. The molecule has 0 unspecified atom stereocenters. The van der Waals surface area contributed by atoms with Gasteiger partial charge in [0.1, 0.15) is 11.4 Å². The number of halogens is 4.